The lowest BCUT2D eigenvalue weighted by molar-refractivity contribution is 0.184. The van der Waals surface area contributed by atoms with Gasteiger partial charge < -0.3 is 4.90 Å². The first-order chi connectivity index (χ1) is 8.66. The molecule has 1 aliphatic rings. The van der Waals surface area contributed by atoms with Crippen LogP contribution in [0.25, 0.3) is 0 Å². The Balaban J connectivity index is 1.91. The molecule has 0 amide bonds. The summed E-state index contributed by atoms with van der Waals surface area (Å²) < 4.78 is 0. The van der Waals surface area contributed by atoms with Crippen molar-refractivity contribution < 1.29 is 0 Å². The molecule has 1 fully saturated rings. The van der Waals surface area contributed by atoms with Gasteiger partial charge in [-0.05, 0) is 37.6 Å². The van der Waals surface area contributed by atoms with E-state index in [2.05, 4.69) is 55.2 Å². The number of rotatable bonds is 4. The molecule has 0 N–H and O–H groups in total. The molecule has 0 spiro atoms. The van der Waals surface area contributed by atoms with Crippen molar-refractivity contribution in [2.45, 2.75) is 44.7 Å². The second-order valence-corrected chi connectivity index (χ2v) is 5.77. The second kappa shape index (κ2) is 6.24. The second-order valence-electron chi connectivity index (χ2n) is 5.77. The minimum absolute atomic E-state index is 0.798. The molecule has 0 bridgehead atoms. The van der Waals surface area contributed by atoms with Crippen molar-refractivity contribution in [3.8, 4) is 0 Å². The molecule has 1 aliphatic carbocycles. The Hall–Kier alpha value is -1.02. The fraction of sp³-hybridized carbons (Fsp3) is 0.625. The van der Waals surface area contributed by atoms with Crippen LogP contribution in [0.5, 0.6) is 0 Å². The molecule has 18 heavy (non-hydrogen) atoms. The highest BCUT2D eigenvalue weighted by atomic mass is 15.1. The van der Waals surface area contributed by atoms with Crippen molar-refractivity contribution in [1.29, 1.82) is 0 Å². The van der Waals surface area contributed by atoms with Crippen molar-refractivity contribution in [2.24, 2.45) is 0 Å². The predicted octanol–water partition coefficient (Wildman–Crippen LogP) is 3.52. The van der Waals surface area contributed by atoms with E-state index in [0.29, 0.717) is 0 Å². The molecule has 0 unspecified atom stereocenters. The third kappa shape index (κ3) is 3.49. The van der Waals surface area contributed by atoms with Gasteiger partial charge in [-0.1, -0.05) is 31.4 Å². The fourth-order valence-corrected chi connectivity index (χ4v) is 2.84. The Morgan fingerprint density at radius 2 is 1.56 bits per heavy atom. The molecule has 0 atom stereocenters. The van der Waals surface area contributed by atoms with Crippen molar-refractivity contribution >= 4 is 5.69 Å². The maximum absolute atomic E-state index is 2.53. The third-order valence-corrected chi connectivity index (χ3v) is 4.08. The van der Waals surface area contributed by atoms with Crippen molar-refractivity contribution in [3.05, 3.63) is 29.8 Å². The molecule has 1 saturated carbocycles. The monoisotopic (exact) mass is 246 g/mol. The molecular formula is C16H26N2. The van der Waals surface area contributed by atoms with E-state index in [9.17, 15) is 0 Å². The van der Waals surface area contributed by atoms with Gasteiger partial charge in [-0.25, -0.2) is 0 Å². The molecule has 0 radical (unpaired) electrons. The zero-order valence-corrected chi connectivity index (χ0v) is 12.0. The van der Waals surface area contributed by atoms with E-state index in [-0.39, 0.29) is 0 Å². The van der Waals surface area contributed by atoms with E-state index < -0.39 is 0 Å². The highest BCUT2D eigenvalue weighted by Gasteiger charge is 2.17. The number of benzene rings is 1. The maximum Gasteiger partial charge on any atom is 0.0361 e. The first kappa shape index (κ1) is 13.4. The summed E-state index contributed by atoms with van der Waals surface area (Å²) >= 11 is 0. The summed E-state index contributed by atoms with van der Waals surface area (Å²) in [5, 5.41) is 0. The smallest absolute Gasteiger partial charge is 0.0361 e. The minimum Gasteiger partial charge on any atom is -0.378 e. The molecule has 0 heterocycles. The van der Waals surface area contributed by atoms with Crippen LogP contribution in [0.15, 0.2) is 24.3 Å². The standard InChI is InChI=1S/C16H26N2/c1-17(2)15-11-9-14(10-12-15)13-18(3)16-7-5-4-6-8-16/h9-12,16H,4-8,13H2,1-3H3. The van der Waals surface area contributed by atoms with Gasteiger partial charge in [0.2, 0.25) is 0 Å². The van der Waals surface area contributed by atoms with Gasteiger partial charge in [0.05, 0.1) is 0 Å². The van der Waals surface area contributed by atoms with Crippen LogP contribution in [0.1, 0.15) is 37.7 Å². The van der Waals surface area contributed by atoms with E-state index >= 15 is 0 Å². The highest BCUT2D eigenvalue weighted by molar-refractivity contribution is 5.45. The largest absolute Gasteiger partial charge is 0.378 e. The molecule has 2 rings (SSSR count). The van der Waals surface area contributed by atoms with Crippen LogP contribution < -0.4 is 4.90 Å². The van der Waals surface area contributed by atoms with Crippen LogP contribution in [-0.2, 0) is 6.54 Å². The first-order valence-electron chi connectivity index (χ1n) is 7.13. The van der Waals surface area contributed by atoms with E-state index in [4.69, 9.17) is 0 Å². The summed E-state index contributed by atoms with van der Waals surface area (Å²) in [7, 11) is 6.45. The molecule has 0 aromatic heterocycles. The molecule has 0 saturated heterocycles. The van der Waals surface area contributed by atoms with Gasteiger partial charge in [0.1, 0.15) is 0 Å². The van der Waals surface area contributed by atoms with Crippen molar-refractivity contribution in [3.63, 3.8) is 0 Å². The molecule has 100 valence electrons. The quantitative estimate of drug-likeness (QED) is 0.802. The maximum atomic E-state index is 2.53. The zero-order chi connectivity index (χ0) is 13.0. The topological polar surface area (TPSA) is 6.48 Å². The summed E-state index contributed by atoms with van der Waals surface area (Å²) in [6.07, 6.45) is 7.02. The van der Waals surface area contributed by atoms with Crippen LogP contribution in [0, 0.1) is 0 Å². The summed E-state index contributed by atoms with van der Waals surface area (Å²) in [6, 6.07) is 9.74. The van der Waals surface area contributed by atoms with E-state index in [1.807, 2.05) is 0 Å². The zero-order valence-electron chi connectivity index (χ0n) is 12.0. The van der Waals surface area contributed by atoms with Gasteiger partial charge in [0.25, 0.3) is 0 Å². The Morgan fingerprint density at radius 1 is 0.944 bits per heavy atom. The Bertz CT molecular complexity index is 350. The minimum atomic E-state index is 0.798. The number of hydrogen-bond donors (Lipinski definition) is 0. The number of anilines is 1. The summed E-state index contributed by atoms with van der Waals surface area (Å²) in [5.41, 5.74) is 2.70. The SMILES string of the molecule is CN(C)c1ccc(CN(C)C2CCCCC2)cc1. The van der Waals surface area contributed by atoms with Crippen molar-refractivity contribution in [2.75, 3.05) is 26.0 Å². The van der Waals surface area contributed by atoms with E-state index in [1.165, 1.54) is 43.4 Å². The Labute approximate surface area is 112 Å². The van der Waals surface area contributed by atoms with Gasteiger partial charge in [-0.15, -0.1) is 0 Å². The van der Waals surface area contributed by atoms with Crippen LogP contribution >= 0.6 is 0 Å². The lowest BCUT2D eigenvalue weighted by Gasteiger charge is -2.31. The van der Waals surface area contributed by atoms with Gasteiger partial charge in [-0.2, -0.15) is 0 Å². The number of hydrogen-bond acceptors (Lipinski definition) is 2. The van der Waals surface area contributed by atoms with Crippen molar-refractivity contribution in [1.82, 2.24) is 4.90 Å². The molecule has 1 aromatic rings. The lowest BCUT2D eigenvalue weighted by Crippen LogP contribution is -2.32. The molecule has 2 nitrogen and oxygen atoms in total. The van der Waals surface area contributed by atoms with E-state index in [0.717, 1.165) is 12.6 Å². The molecule has 2 heteroatoms. The van der Waals surface area contributed by atoms with Gasteiger partial charge in [0, 0.05) is 32.4 Å². The van der Waals surface area contributed by atoms with Gasteiger partial charge >= 0.3 is 0 Å². The number of nitrogens with zero attached hydrogens (tertiary/aromatic N) is 2. The average molecular weight is 246 g/mol. The average Bonchev–Trinajstić information content (AvgIpc) is 2.40. The summed E-state index contributed by atoms with van der Waals surface area (Å²) in [4.78, 5) is 4.68. The van der Waals surface area contributed by atoms with E-state index in [1.54, 1.807) is 0 Å². The predicted molar refractivity (Wildman–Crippen MR) is 79.1 cm³/mol. The highest BCUT2D eigenvalue weighted by Crippen LogP contribution is 2.23. The fourth-order valence-electron chi connectivity index (χ4n) is 2.84. The van der Waals surface area contributed by atoms with Crippen LogP contribution in [0.4, 0.5) is 5.69 Å². The third-order valence-electron chi connectivity index (χ3n) is 4.08. The Morgan fingerprint density at radius 3 is 2.11 bits per heavy atom. The first-order valence-corrected chi connectivity index (χ1v) is 7.13. The Kier molecular flexibility index (Phi) is 4.65. The molecule has 1 aromatic carbocycles. The molecule has 0 aliphatic heterocycles. The summed E-state index contributed by atoms with van der Waals surface area (Å²) in [6.45, 7) is 1.08. The van der Waals surface area contributed by atoms with Crippen LogP contribution in [0.3, 0.4) is 0 Å². The lowest BCUT2D eigenvalue weighted by atomic mass is 9.94. The van der Waals surface area contributed by atoms with Gasteiger partial charge in [0.15, 0.2) is 0 Å². The van der Waals surface area contributed by atoms with Gasteiger partial charge in [-0.3, -0.25) is 4.90 Å². The molecular weight excluding hydrogens is 220 g/mol. The summed E-state index contributed by atoms with van der Waals surface area (Å²) in [5.74, 6) is 0. The normalized spacial score (nSPS) is 17.1. The van der Waals surface area contributed by atoms with Crippen LogP contribution in [0.2, 0.25) is 0 Å². The van der Waals surface area contributed by atoms with Crippen LogP contribution in [-0.4, -0.2) is 32.1 Å².